The van der Waals surface area contributed by atoms with Crippen LogP contribution in [0.5, 0.6) is 23.0 Å². The quantitative estimate of drug-likeness (QED) is 0.0424. The minimum atomic E-state index is -6.15. The fraction of sp³-hybridized carbons (Fsp3) is 0.231. The van der Waals surface area contributed by atoms with E-state index in [1.807, 2.05) is 0 Å². The van der Waals surface area contributed by atoms with Crippen LogP contribution < -0.4 is 28.7 Å². The number of hydrogen-bond acceptors (Lipinski definition) is 16. The van der Waals surface area contributed by atoms with Gasteiger partial charge >= 0.3 is 48.6 Å². The molecule has 0 aromatic heterocycles. The van der Waals surface area contributed by atoms with Gasteiger partial charge in [0.2, 0.25) is 10.8 Å². The number of ether oxygens (including phenoxy) is 4. The molecule has 0 unspecified atom stereocenters. The molecule has 0 spiro atoms. The van der Waals surface area contributed by atoms with Crippen LogP contribution in [0, 0.1) is 25.7 Å². The summed E-state index contributed by atoms with van der Waals surface area (Å²) in [6, 6.07) is 23.2. The highest BCUT2D eigenvalue weighted by molar-refractivity contribution is 6.36. The predicted octanol–water partition coefficient (Wildman–Crippen LogP) is 15.2. The molecule has 32 heteroatoms. The molecule has 20 nitrogen and oxygen atoms in total. The van der Waals surface area contributed by atoms with Gasteiger partial charge in [0, 0.05) is 27.9 Å². The zero-order valence-electron chi connectivity index (χ0n) is 58.9. The molecular formula is C78H56F12N4O16. The highest BCUT2D eigenvalue weighted by atomic mass is 19.4. The first-order valence-electron chi connectivity index (χ1n) is 32.8. The molecule has 8 aromatic carbocycles. The lowest BCUT2D eigenvalue weighted by molar-refractivity contribution is -0.290. The first-order valence-corrected chi connectivity index (χ1v) is 32.8. The monoisotopic (exact) mass is 1530 g/mol. The van der Waals surface area contributed by atoms with E-state index in [1.165, 1.54) is 63.2 Å². The Kier molecular flexibility index (Phi) is 19.9. The van der Waals surface area contributed by atoms with Crippen LogP contribution in [0.15, 0.2) is 146 Å². The average molecular weight is 1530 g/mol. The van der Waals surface area contributed by atoms with Crippen molar-refractivity contribution in [3.05, 3.63) is 223 Å². The van der Waals surface area contributed by atoms with Gasteiger partial charge in [0.15, 0.2) is 11.5 Å². The molecule has 4 aliphatic heterocycles. The lowest BCUT2D eigenvalue weighted by Gasteiger charge is -2.38. The van der Waals surface area contributed by atoms with E-state index < -0.39 is 185 Å². The number of imide groups is 4. The Hall–Kier alpha value is -12.6. The standard InChI is InChI=1S/C41H32F6N2O8.C37H24F6N2O8/c1-19(2)37(54)56-31-15-22(8-7-21(31)5)23-9-14-30(32(16-23)57-38(55)20(3)4)49-35(52)27-13-11-25(18-29(27)36(49)53)39(40(42,43)44,41(45,46)47)24-10-12-26-28(17-24)34(51)48(6)33(26)50;1-17-5-6-20(13-29(17)52-18(2)46)21-7-12-28(30(14-21)53-19(3)47)45-33(50)25-11-9-23(16-27(25)34(45)51)35(36(38,39)40,37(41,42)43)22-8-10-24-26(15-22)32(49)44(4)31(24)48/h7-20H,1-6H3;5-16H,1-4H3. The van der Waals surface area contributed by atoms with Gasteiger partial charge in [-0.3, -0.25) is 67.3 Å². The first kappa shape index (κ1) is 78.4. The van der Waals surface area contributed by atoms with Crippen LogP contribution in [0.3, 0.4) is 0 Å². The summed E-state index contributed by atoms with van der Waals surface area (Å²) in [7, 11) is 2.04. The molecule has 0 aliphatic carbocycles. The van der Waals surface area contributed by atoms with Crippen molar-refractivity contribution in [3.63, 3.8) is 0 Å². The van der Waals surface area contributed by atoms with E-state index in [1.54, 1.807) is 58.0 Å². The number of carbonyl (C=O) groups excluding carboxylic acids is 12. The number of carbonyl (C=O) groups is 12. The first-order chi connectivity index (χ1) is 51.2. The Morgan fingerprint density at radius 3 is 0.845 bits per heavy atom. The van der Waals surface area contributed by atoms with E-state index in [4.69, 9.17) is 18.9 Å². The molecule has 0 fully saturated rings. The number of amides is 8. The lowest BCUT2D eigenvalue weighted by atomic mass is 9.71. The van der Waals surface area contributed by atoms with Crippen molar-refractivity contribution < 1.29 is 129 Å². The summed E-state index contributed by atoms with van der Waals surface area (Å²) in [5, 5.41) is 0. The van der Waals surface area contributed by atoms with Crippen molar-refractivity contribution in [2.45, 2.75) is 90.9 Å². The number of fused-ring (bicyclic) bond motifs is 4. The number of rotatable bonds is 14. The van der Waals surface area contributed by atoms with Crippen LogP contribution in [-0.2, 0) is 30.0 Å². The molecule has 568 valence electrons. The van der Waals surface area contributed by atoms with Crippen molar-refractivity contribution in [2.75, 3.05) is 23.9 Å². The molecular weight excluding hydrogens is 1480 g/mol. The predicted molar refractivity (Wildman–Crippen MR) is 363 cm³/mol. The van der Waals surface area contributed by atoms with Crippen LogP contribution in [0.2, 0.25) is 0 Å². The maximum atomic E-state index is 15.2. The van der Waals surface area contributed by atoms with Crippen LogP contribution in [0.25, 0.3) is 22.3 Å². The second-order valence-electron chi connectivity index (χ2n) is 26.4. The van der Waals surface area contributed by atoms with Gasteiger partial charge in [-0.2, -0.15) is 52.7 Å². The Bertz CT molecular complexity index is 5360. The molecule has 0 saturated carbocycles. The van der Waals surface area contributed by atoms with Gasteiger partial charge in [-0.25, -0.2) is 9.80 Å². The van der Waals surface area contributed by atoms with Gasteiger partial charge < -0.3 is 18.9 Å². The third-order valence-corrected chi connectivity index (χ3v) is 18.7. The summed E-state index contributed by atoms with van der Waals surface area (Å²) in [6.45, 7) is 11.9. The van der Waals surface area contributed by atoms with E-state index in [-0.39, 0.29) is 34.4 Å². The maximum absolute atomic E-state index is 15.2. The molecule has 0 radical (unpaired) electrons. The largest absolute Gasteiger partial charge is 0.426 e. The highest BCUT2D eigenvalue weighted by Crippen LogP contribution is 2.59. The van der Waals surface area contributed by atoms with E-state index in [2.05, 4.69) is 0 Å². The third kappa shape index (κ3) is 13.0. The smallest absolute Gasteiger partial charge is 0.411 e. The van der Waals surface area contributed by atoms with Gasteiger partial charge in [-0.05, 0) is 154 Å². The number of anilines is 2. The van der Waals surface area contributed by atoms with Gasteiger partial charge in [0.05, 0.1) is 67.7 Å². The van der Waals surface area contributed by atoms with E-state index >= 15 is 52.7 Å². The zero-order chi connectivity index (χ0) is 81.0. The van der Waals surface area contributed by atoms with E-state index in [9.17, 15) is 57.5 Å². The summed E-state index contributed by atoms with van der Waals surface area (Å²) in [4.78, 5) is 156. The summed E-state index contributed by atoms with van der Waals surface area (Å²) >= 11 is 0. The van der Waals surface area contributed by atoms with Gasteiger partial charge in [0.1, 0.15) is 11.5 Å². The SMILES string of the molecule is CC(=O)Oc1cc(-c2ccc(N3C(=O)c4ccc(C(c5ccc6c(c5)C(=O)N(C)C6=O)(C(F)(F)F)C(F)(F)F)cc4C3=O)c(OC(C)=O)c2)ccc1C.Cc1ccc(-c2ccc(N3C(=O)c4ccc(C(c5ccc6c(c5)C(=O)N(C)C6=O)(C(F)(F)F)C(F)(F)F)cc4C3=O)c(OC(=O)C(C)C)c2)cc1OC(=O)C(C)C. The molecule has 0 saturated heterocycles. The second-order valence-corrected chi connectivity index (χ2v) is 26.4. The van der Waals surface area contributed by atoms with Crippen LogP contribution in [0.4, 0.5) is 64.1 Å². The van der Waals surface area contributed by atoms with Crippen molar-refractivity contribution >= 4 is 82.5 Å². The van der Waals surface area contributed by atoms with Crippen molar-refractivity contribution in [3.8, 4) is 45.3 Å². The molecule has 4 aliphatic rings. The minimum Gasteiger partial charge on any atom is -0.426 e. The molecule has 8 aromatic rings. The Balaban J connectivity index is 0.000000219. The molecule has 0 N–H and O–H groups in total. The maximum Gasteiger partial charge on any atom is 0.411 e. The normalized spacial score (nSPS) is 14.5. The summed E-state index contributed by atoms with van der Waals surface area (Å²) < 4.78 is 203. The van der Waals surface area contributed by atoms with Crippen LogP contribution in [-0.4, -0.2) is 120 Å². The third-order valence-electron chi connectivity index (χ3n) is 18.7. The van der Waals surface area contributed by atoms with Crippen LogP contribution >= 0.6 is 0 Å². The number of esters is 4. The number of halogens is 12. The highest BCUT2D eigenvalue weighted by Gasteiger charge is 2.74. The summed E-state index contributed by atoms with van der Waals surface area (Å²) in [5.41, 5.74) is -18.3. The average Bonchev–Trinajstić information content (AvgIpc) is 1.19. The number of alkyl halides is 12. The fourth-order valence-electron chi connectivity index (χ4n) is 13.0. The van der Waals surface area contributed by atoms with Gasteiger partial charge in [-0.1, -0.05) is 88.4 Å². The summed E-state index contributed by atoms with van der Waals surface area (Å²) in [5.74, 6) is -13.2. The Morgan fingerprint density at radius 1 is 0.309 bits per heavy atom. The molecule has 0 atom stereocenters. The van der Waals surface area contributed by atoms with Crippen molar-refractivity contribution in [1.29, 1.82) is 0 Å². The second kappa shape index (κ2) is 27.9. The molecule has 110 heavy (non-hydrogen) atoms. The minimum absolute atomic E-state index is 0.213. The van der Waals surface area contributed by atoms with Crippen LogP contribution in [0.1, 0.15) is 158 Å². The summed E-state index contributed by atoms with van der Waals surface area (Å²) in [6.07, 6.45) is -24.6. The molecule has 12 rings (SSSR count). The van der Waals surface area contributed by atoms with E-state index in [0.717, 1.165) is 21.0 Å². The van der Waals surface area contributed by atoms with Gasteiger partial charge in [0.25, 0.3) is 47.3 Å². The number of hydrogen-bond donors (Lipinski definition) is 0. The topological polar surface area (TPSA) is 255 Å². The Morgan fingerprint density at radius 2 is 0.545 bits per heavy atom. The van der Waals surface area contributed by atoms with Crippen molar-refractivity contribution in [2.24, 2.45) is 11.8 Å². The Labute approximate surface area is 614 Å². The van der Waals surface area contributed by atoms with Crippen molar-refractivity contribution in [1.82, 2.24) is 9.80 Å². The fourth-order valence-corrected chi connectivity index (χ4v) is 13.0. The van der Waals surface area contributed by atoms with Gasteiger partial charge in [-0.15, -0.1) is 0 Å². The van der Waals surface area contributed by atoms with E-state index in [0.29, 0.717) is 126 Å². The number of benzene rings is 8. The number of nitrogens with zero attached hydrogens (tertiary/aromatic N) is 4. The molecule has 8 amide bonds. The molecule has 4 heterocycles. The molecule has 0 bridgehead atoms. The number of aryl methyl sites for hydroxylation is 2. The zero-order valence-corrected chi connectivity index (χ0v) is 58.9. The lowest BCUT2D eigenvalue weighted by Crippen LogP contribution is -2.55.